The van der Waals surface area contributed by atoms with Gasteiger partial charge in [0.15, 0.2) is 0 Å². The van der Waals surface area contributed by atoms with Crippen molar-refractivity contribution < 1.29 is 9.84 Å². The van der Waals surface area contributed by atoms with Crippen LogP contribution in [0.4, 0.5) is 5.69 Å². The van der Waals surface area contributed by atoms with Crippen molar-refractivity contribution in [3.8, 4) is 0 Å². The van der Waals surface area contributed by atoms with Gasteiger partial charge in [0.1, 0.15) is 0 Å². The highest BCUT2D eigenvalue weighted by Gasteiger charge is 2.18. The Morgan fingerprint density at radius 1 is 1.44 bits per heavy atom. The average molecular weight is 271 g/mol. The van der Waals surface area contributed by atoms with E-state index in [0.29, 0.717) is 5.02 Å². The van der Waals surface area contributed by atoms with Crippen LogP contribution in [-0.4, -0.2) is 38.0 Å². The molecule has 0 unspecified atom stereocenters. The van der Waals surface area contributed by atoms with Crippen molar-refractivity contribution in [1.82, 2.24) is 0 Å². The third kappa shape index (κ3) is 2.62. The highest BCUT2D eigenvalue weighted by molar-refractivity contribution is 6.32. The number of nitrogens with zero attached hydrogens (tertiary/aromatic N) is 1. The fraction of sp³-hybridized carbons (Fsp3) is 0.538. The van der Waals surface area contributed by atoms with E-state index in [0.717, 1.165) is 43.1 Å². The summed E-state index contributed by atoms with van der Waals surface area (Å²) >= 11 is 6.34. The van der Waals surface area contributed by atoms with Crippen LogP contribution in [0.25, 0.3) is 0 Å². The van der Waals surface area contributed by atoms with Gasteiger partial charge in [-0.15, -0.1) is 0 Å². The van der Waals surface area contributed by atoms with Gasteiger partial charge in [-0.25, -0.2) is 0 Å². The third-order valence-corrected chi connectivity index (χ3v) is 3.84. The number of nitrogens with two attached hydrogens (primary N) is 1. The predicted molar refractivity (Wildman–Crippen MR) is 73.2 cm³/mol. The Labute approximate surface area is 112 Å². The van der Waals surface area contributed by atoms with Gasteiger partial charge in [0.05, 0.1) is 30.9 Å². The van der Waals surface area contributed by atoms with Crippen LogP contribution >= 0.6 is 11.6 Å². The van der Waals surface area contributed by atoms with E-state index in [1.807, 2.05) is 19.1 Å². The molecule has 0 spiro atoms. The summed E-state index contributed by atoms with van der Waals surface area (Å²) in [5.41, 5.74) is 8.76. The van der Waals surface area contributed by atoms with Crippen LogP contribution in [0.2, 0.25) is 5.02 Å². The van der Waals surface area contributed by atoms with E-state index in [1.165, 1.54) is 0 Å². The lowest BCUT2D eigenvalue weighted by Gasteiger charge is -2.31. The summed E-state index contributed by atoms with van der Waals surface area (Å²) in [4.78, 5) is 2.26. The van der Waals surface area contributed by atoms with Gasteiger partial charge in [-0.1, -0.05) is 17.7 Å². The first kappa shape index (κ1) is 13.6. The molecule has 0 aromatic heterocycles. The second-order valence-corrected chi connectivity index (χ2v) is 4.88. The molecule has 2 rings (SSSR count). The number of anilines is 1. The summed E-state index contributed by atoms with van der Waals surface area (Å²) in [6.45, 7) is 5.13. The van der Waals surface area contributed by atoms with E-state index < -0.39 is 6.04 Å². The molecule has 0 amide bonds. The van der Waals surface area contributed by atoms with Gasteiger partial charge < -0.3 is 20.5 Å². The number of hydrogen-bond acceptors (Lipinski definition) is 4. The predicted octanol–water partition coefficient (Wildman–Crippen LogP) is 1.48. The largest absolute Gasteiger partial charge is 0.394 e. The maximum Gasteiger partial charge on any atom is 0.0642 e. The van der Waals surface area contributed by atoms with Crippen LogP contribution < -0.4 is 10.6 Å². The lowest BCUT2D eigenvalue weighted by Crippen LogP contribution is -2.36. The van der Waals surface area contributed by atoms with Gasteiger partial charge in [-0.05, 0) is 24.1 Å². The zero-order chi connectivity index (χ0) is 13.1. The Morgan fingerprint density at radius 3 is 2.72 bits per heavy atom. The topological polar surface area (TPSA) is 58.7 Å². The standard InChI is InChI=1S/C13H19ClN2O2/c1-9-12(16-4-6-18-7-5-16)3-2-10(13(9)14)11(15)8-17/h2-3,11,17H,4-8,15H2,1H3/t11-/m1/s1. The van der Waals surface area contributed by atoms with Crippen molar-refractivity contribution >= 4 is 17.3 Å². The summed E-state index contributed by atoms with van der Waals surface area (Å²) in [5.74, 6) is 0. The minimum Gasteiger partial charge on any atom is -0.394 e. The van der Waals surface area contributed by atoms with Crippen molar-refractivity contribution in [1.29, 1.82) is 0 Å². The van der Waals surface area contributed by atoms with Crippen molar-refractivity contribution in [2.45, 2.75) is 13.0 Å². The number of rotatable bonds is 3. The molecule has 1 aromatic carbocycles. The summed E-state index contributed by atoms with van der Waals surface area (Å²) in [6, 6.07) is 3.51. The highest BCUT2D eigenvalue weighted by Crippen LogP contribution is 2.32. The van der Waals surface area contributed by atoms with Crippen LogP contribution in [0.5, 0.6) is 0 Å². The number of halogens is 1. The van der Waals surface area contributed by atoms with Crippen LogP contribution in [0.15, 0.2) is 12.1 Å². The number of aliphatic hydroxyl groups is 1. The fourth-order valence-corrected chi connectivity index (χ4v) is 2.53. The Morgan fingerprint density at radius 2 is 2.11 bits per heavy atom. The molecule has 1 saturated heterocycles. The molecule has 0 aliphatic carbocycles. The first-order valence-electron chi connectivity index (χ1n) is 6.13. The molecule has 1 heterocycles. The van der Waals surface area contributed by atoms with Crippen molar-refractivity contribution in [3.63, 3.8) is 0 Å². The summed E-state index contributed by atoms with van der Waals surface area (Å²) in [7, 11) is 0. The monoisotopic (exact) mass is 270 g/mol. The van der Waals surface area contributed by atoms with Gasteiger partial charge in [-0.2, -0.15) is 0 Å². The van der Waals surface area contributed by atoms with Gasteiger partial charge in [-0.3, -0.25) is 0 Å². The second kappa shape index (κ2) is 5.89. The molecule has 18 heavy (non-hydrogen) atoms. The summed E-state index contributed by atoms with van der Waals surface area (Å²) in [5, 5.41) is 9.76. The zero-order valence-electron chi connectivity index (χ0n) is 10.5. The lowest BCUT2D eigenvalue weighted by molar-refractivity contribution is 0.122. The number of hydrogen-bond donors (Lipinski definition) is 2. The van der Waals surface area contributed by atoms with Crippen LogP contribution in [0.1, 0.15) is 17.2 Å². The Balaban J connectivity index is 2.30. The molecule has 4 nitrogen and oxygen atoms in total. The van der Waals surface area contributed by atoms with E-state index in [2.05, 4.69) is 4.90 Å². The minimum atomic E-state index is -0.421. The summed E-state index contributed by atoms with van der Waals surface area (Å²) in [6.07, 6.45) is 0. The Bertz CT molecular complexity index is 420. The minimum absolute atomic E-state index is 0.101. The molecular weight excluding hydrogens is 252 g/mol. The van der Waals surface area contributed by atoms with Gasteiger partial charge >= 0.3 is 0 Å². The first-order valence-corrected chi connectivity index (χ1v) is 6.51. The molecule has 0 saturated carbocycles. The molecule has 0 bridgehead atoms. The van der Waals surface area contributed by atoms with E-state index in [4.69, 9.17) is 27.2 Å². The average Bonchev–Trinajstić information content (AvgIpc) is 2.42. The second-order valence-electron chi connectivity index (χ2n) is 4.50. The summed E-state index contributed by atoms with van der Waals surface area (Å²) < 4.78 is 5.34. The van der Waals surface area contributed by atoms with E-state index >= 15 is 0 Å². The Kier molecular flexibility index (Phi) is 4.45. The quantitative estimate of drug-likeness (QED) is 0.873. The number of benzene rings is 1. The van der Waals surface area contributed by atoms with Gasteiger partial charge in [0.25, 0.3) is 0 Å². The number of ether oxygens (including phenoxy) is 1. The molecule has 1 atom stereocenters. The SMILES string of the molecule is Cc1c(N2CCOCC2)ccc([C@H](N)CO)c1Cl. The van der Waals surface area contributed by atoms with E-state index in [-0.39, 0.29) is 6.61 Å². The fourth-order valence-electron chi connectivity index (χ4n) is 2.23. The molecule has 1 aliphatic rings. The molecular formula is C13H19ClN2O2. The molecule has 5 heteroatoms. The normalized spacial score (nSPS) is 17.9. The Hall–Kier alpha value is -0.810. The van der Waals surface area contributed by atoms with Crippen LogP contribution in [-0.2, 0) is 4.74 Å². The van der Waals surface area contributed by atoms with E-state index in [9.17, 15) is 0 Å². The lowest BCUT2D eigenvalue weighted by atomic mass is 10.0. The molecule has 0 radical (unpaired) electrons. The van der Waals surface area contributed by atoms with Crippen LogP contribution in [0, 0.1) is 6.92 Å². The van der Waals surface area contributed by atoms with Crippen molar-refractivity contribution in [2.24, 2.45) is 5.73 Å². The third-order valence-electron chi connectivity index (χ3n) is 3.34. The van der Waals surface area contributed by atoms with Crippen LogP contribution in [0.3, 0.4) is 0 Å². The van der Waals surface area contributed by atoms with E-state index in [1.54, 1.807) is 0 Å². The highest BCUT2D eigenvalue weighted by atomic mass is 35.5. The molecule has 1 aromatic rings. The first-order chi connectivity index (χ1) is 8.65. The maximum absolute atomic E-state index is 9.11. The molecule has 100 valence electrons. The van der Waals surface area contributed by atoms with Crippen molar-refractivity contribution in [3.05, 3.63) is 28.3 Å². The number of morpholine rings is 1. The smallest absolute Gasteiger partial charge is 0.0642 e. The van der Waals surface area contributed by atoms with Gasteiger partial charge in [0.2, 0.25) is 0 Å². The number of aliphatic hydroxyl groups excluding tert-OH is 1. The molecule has 1 aliphatic heterocycles. The van der Waals surface area contributed by atoms with Crippen molar-refractivity contribution in [2.75, 3.05) is 37.8 Å². The van der Waals surface area contributed by atoms with Gasteiger partial charge in [0, 0.05) is 18.8 Å². The zero-order valence-corrected chi connectivity index (χ0v) is 11.3. The molecule has 1 fully saturated rings. The maximum atomic E-state index is 9.11. The molecule has 3 N–H and O–H groups in total.